The summed E-state index contributed by atoms with van der Waals surface area (Å²) in [5, 5.41) is 0.984. The molecule has 10 nitrogen and oxygen atoms in total. The summed E-state index contributed by atoms with van der Waals surface area (Å²) in [6.45, 7) is 2.80. The molecule has 3 aromatic heterocycles. The standard InChI is InChI=1S/C33H39N7O3S/c1-19-3-2-14-44(42,43)40(19)30-13-7-21-16-29(37(31(21)36-30)18-20-4-5-20)32-35-26-15-22(6-11-28(26)38(32)23-8-9-23)33(41)39-24-10-12-27(39)25(34)17-24/h6-7,11,13,15-16,19-20,23-25,27H,2-5,8-10,12,14,17-18,34H2,1H3/t19-,24-,25+,27+/m0/s1. The van der Waals surface area contributed by atoms with Crippen LogP contribution in [0.2, 0.25) is 0 Å². The Morgan fingerprint density at radius 3 is 2.50 bits per heavy atom. The molecule has 11 heteroatoms. The van der Waals surface area contributed by atoms with Crippen LogP contribution in [0.5, 0.6) is 0 Å². The third-order valence-corrected chi connectivity index (χ3v) is 12.7. The lowest BCUT2D eigenvalue weighted by Gasteiger charge is -2.33. The van der Waals surface area contributed by atoms with Crippen molar-refractivity contribution >= 4 is 43.8 Å². The van der Waals surface area contributed by atoms with Crippen LogP contribution in [0.1, 0.15) is 81.1 Å². The average molecular weight is 614 g/mol. The minimum atomic E-state index is -3.41. The van der Waals surface area contributed by atoms with Gasteiger partial charge in [0.2, 0.25) is 10.0 Å². The minimum Gasteiger partial charge on any atom is -0.331 e. The number of benzene rings is 1. The van der Waals surface area contributed by atoms with Gasteiger partial charge in [-0.25, -0.2) is 18.4 Å². The van der Waals surface area contributed by atoms with Gasteiger partial charge in [0.25, 0.3) is 5.91 Å². The van der Waals surface area contributed by atoms with Crippen molar-refractivity contribution in [1.82, 2.24) is 24.0 Å². The Balaban J connectivity index is 1.16. The maximum Gasteiger partial charge on any atom is 0.254 e. The van der Waals surface area contributed by atoms with Crippen molar-refractivity contribution in [2.24, 2.45) is 11.7 Å². The third kappa shape index (κ3) is 4.14. The highest BCUT2D eigenvalue weighted by Gasteiger charge is 2.47. The fourth-order valence-electron chi connectivity index (χ4n) is 8.20. The highest BCUT2D eigenvalue weighted by atomic mass is 32.2. The smallest absolute Gasteiger partial charge is 0.254 e. The molecule has 0 unspecified atom stereocenters. The number of nitrogens with zero attached hydrogens (tertiary/aromatic N) is 6. The van der Waals surface area contributed by atoms with Crippen LogP contribution in [-0.2, 0) is 16.6 Å². The molecule has 5 aliphatic rings. The number of pyridine rings is 1. The van der Waals surface area contributed by atoms with E-state index in [1.807, 2.05) is 36.1 Å². The van der Waals surface area contributed by atoms with Gasteiger partial charge >= 0.3 is 0 Å². The maximum absolute atomic E-state index is 13.7. The number of sulfonamides is 1. The number of carbonyl (C=O) groups excluding carboxylic acids is 1. The average Bonchev–Trinajstić information content (AvgIpc) is 3.87. The molecule has 0 radical (unpaired) electrons. The lowest BCUT2D eigenvalue weighted by Crippen LogP contribution is -2.44. The zero-order valence-corrected chi connectivity index (χ0v) is 25.9. The van der Waals surface area contributed by atoms with Gasteiger partial charge in [0.05, 0.1) is 22.5 Å². The molecule has 3 saturated heterocycles. The Morgan fingerprint density at radius 1 is 0.977 bits per heavy atom. The van der Waals surface area contributed by atoms with Crippen LogP contribution in [0.15, 0.2) is 36.4 Å². The Bertz CT molecular complexity index is 1940. The molecule has 0 spiro atoms. The normalized spacial score (nSPS) is 28.0. The first-order chi connectivity index (χ1) is 21.3. The van der Waals surface area contributed by atoms with E-state index in [0.717, 1.165) is 78.7 Å². The molecule has 1 aromatic carbocycles. The fourth-order valence-corrected chi connectivity index (χ4v) is 9.97. The largest absolute Gasteiger partial charge is 0.331 e. The van der Waals surface area contributed by atoms with Crippen LogP contribution in [0.25, 0.3) is 33.6 Å². The van der Waals surface area contributed by atoms with Gasteiger partial charge in [-0.15, -0.1) is 0 Å². The van der Waals surface area contributed by atoms with E-state index in [-0.39, 0.29) is 35.8 Å². The lowest BCUT2D eigenvalue weighted by atomic mass is 9.97. The topological polar surface area (TPSA) is 119 Å². The number of imidazole rings is 1. The van der Waals surface area contributed by atoms with E-state index in [1.165, 1.54) is 17.1 Å². The lowest BCUT2D eigenvalue weighted by molar-refractivity contribution is 0.0726. The molecule has 4 aromatic rings. The summed E-state index contributed by atoms with van der Waals surface area (Å²) in [6.07, 6.45) is 9.00. The van der Waals surface area contributed by atoms with Crippen LogP contribution in [-0.4, -0.2) is 68.2 Å². The number of rotatable bonds is 6. The highest BCUT2D eigenvalue weighted by Crippen LogP contribution is 2.44. The Hall–Kier alpha value is -3.44. The molecular weight excluding hydrogens is 574 g/mol. The summed E-state index contributed by atoms with van der Waals surface area (Å²) in [5.41, 5.74) is 10.7. The Kier molecular flexibility index (Phi) is 5.83. The van der Waals surface area contributed by atoms with E-state index in [1.54, 1.807) is 0 Å². The van der Waals surface area contributed by atoms with Gasteiger partial charge < -0.3 is 19.8 Å². The molecular formula is C33H39N7O3S. The van der Waals surface area contributed by atoms with Gasteiger partial charge in [-0.1, -0.05) is 0 Å². The molecule has 230 valence electrons. The predicted molar refractivity (Wildman–Crippen MR) is 170 cm³/mol. The number of hydrogen-bond donors (Lipinski definition) is 1. The molecule has 9 rings (SSSR count). The summed E-state index contributed by atoms with van der Waals surface area (Å²) in [5.74, 6) is 2.21. The van der Waals surface area contributed by atoms with Crippen LogP contribution in [0.4, 0.5) is 5.82 Å². The Labute approximate surface area is 257 Å². The molecule has 1 amide bonds. The van der Waals surface area contributed by atoms with Gasteiger partial charge in [-0.05, 0) is 107 Å². The van der Waals surface area contributed by atoms with E-state index in [2.05, 4.69) is 21.3 Å². The quantitative estimate of drug-likeness (QED) is 0.333. The van der Waals surface area contributed by atoms with Crippen molar-refractivity contribution in [1.29, 1.82) is 0 Å². The van der Waals surface area contributed by atoms with Gasteiger partial charge in [0.15, 0.2) is 5.82 Å². The number of aromatic nitrogens is 4. The number of anilines is 1. The molecule has 5 fully saturated rings. The first kappa shape index (κ1) is 26.9. The van der Waals surface area contributed by atoms with Crippen molar-refractivity contribution in [2.75, 3.05) is 10.1 Å². The number of fused-ring (bicyclic) bond motifs is 4. The van der Waals surface area contributed by atoms with E-state index in [0.29, 0.717) is 29.8 Å². The number of hydrogen-bond acceptors (Lipinski definition) is 6. The summed E-state index contributed by atoms with van der Waals surface area (Å²) >= 11 is 0. The van der Waals surface area contributed by atoms with Crippen LogP contribution < -0.4 is 10.0 Å². The van der Waals surface area contributed by atoms with Crippen LogP contribution in [0, 0.1) is 5.92 Å². The van der Waals surface area contributed by atoms with Crippen molar-refractivity contribution in [3.8, 4) is 11.5 Å². The minimum absolute atomic E-state index is 0.0661. The SMILES string of the molecule is C[C@H]1CCCS(=O)(=O)N1c1ccc2cc(-c3nc4cc(C(=O)N5[C@H]6CC[C@@H]5[C@H](N)C6)ccc4n3C3CC3)n(CC3CC3)c2n1. The molecule has 2 bridgehead atoms. The van der Waals surface area contributed by atoms with Crippen molar-refractivity contribution in [3.05, 3.63) is 42.0 Å². The summed E-state index contributed by atoms with van der Waals surface area (Å²) in [4.78, 5) is 26.0. The van der Waals surface area contributed by atoms with Crippen molar-refractivity contribution in [2.45, 2.75) is 101 Å². The predicted octanol–water partition coefficient (Wildman–Crippen LogP) is 4.82. The van der Waals surface area contributed by atoms with Crippen molar-refractivity contribution < 1.29 is 13.2 Å². The molecule has 2 saturated carbocycles. The second-order valence-corrected chi connectivity index (χ2v) is 15.9. The van der Waals surface area contributed by atoms with Crippen LogP contribution in [0.3, 0.4) is 0 Å². The second-order valence-electron chi connectivity index (χ2n) is 13.9. The molecule has 6 heterocycles. The summed E-state index contributed by atoms with van der Waals surface area (Å²) in [6, 6.07) is 12.7. The number of amides is 1. The number of nitrogens with two attached hydrogens (primary N) is 1. The fraction of sp³-hybridized carbons (Fsp3) is 0.545. The molecule has 2 N–H and O–H groups in total. The first-order valence-corrected chi connectivity index (χ1v) is 18.0. The Morgan fingerprint density at radius 2 is 1.80 bits per heavy atom. The maximum atomic E-state index is 13.7. The van der Waals surface area contributed by atoms with E-state index in [9.17, 15) is 13.2 Å². The summed E-state index contributed by atoms with van der Waals surface area (Å²) < 4.78 is 32.4. The van der Waals surface area contributed by atoms with E-state index in [4.69, 9.17) is 15.7 Å². The van der Waals surface area contributed by atoms with Crippen molar-refractivity contribution in [3.63, 3.8) is 0 Å². The van der Waals surface area contributed by atoms with Gasteiger partial charge in [0, 0.05) is 47.7 Å². The van der Waals surface area contributed by atoms with Gasteiger partial charge in [-0.3, -0.25) is 9.10 Å². The second kappa shape index (κ2) is 9.53. The molecule has 4 atom stereocenters. The zero-order valence-electron chi connectivity index (χ0n) is 25.1. The van der Waals surface area contributed by atoms with E-state index < -0.39 is 10.0 Å². The highest BCUT2D eigenvalue weighted by molar-refractivity contribution is 7.92. The number of carbonyl (C=O) groups is 1. The van der Waals surface area contributed by atoms with Gasteiger partial charge in [-0.2, -0.15) is 0 Å². The molecule has 3 aliphatic heterocycles. The molecule has 44 heavy (non-hydrogen) atoms. The summed E-state index contributed by atoms with van der Waals surface area (Å²) in [7, 11) is -3.41. The van der Waals surface area contributed by atoms with Gasteiger partial charge in [0.1, 0.15) is 11.5 Å². The first-order valence-electron chi connectivity index (χ1n) is 16.4. The van der Waals surface area contributed by atoms with Crippen LogP contribution >= 0.6 is 0 Å². The third-order valence-electron chi connectivity index (χ3n) is 10.7. The van der Waals surface area contributed by atoms with E-state index >= 15 is 0 Å². The monoisotopic (exact) mass is 613 g/mol. The molecule has 2 aliphatic carbocycles. The zero-order chi connectivity index (χ0) is 29.9.